The summed E-state index contributed by atoms with van der Waals surface area (Å²) in [5, 5.41) is 0. The third-order valence-electron chi connectivity index (χ3n) is 2.42. The normalized spacial score (nSPS) is 14.7. The number of hydrogen-bond donors (Lipinski definition) is 1. The highest BCUT2D eigenvalue weighted by Crippen LogP contribution is 2.19. The maximum atomic E-state index is 5.82. The van der Waals surface area contributed by atoms with E-state index in [4.69, 9.17) is 10.5 Å². The summed E-state index contributed by atoms with van der Waals surface area (Å²) in [5.74, 6) is 0.922. The summed E-state index contributed by atoms with van der Waals surface area (Å²) in [7, 11) is 0. The molecule has 1 aromatic carbocycles. The van der Waals surface area contributed by atoms with Crippen LogP contribution >= 0.6 is 0 Å². The maximum absolute atomic E-state index is 5.82. The molecule has 0 unspecified atom stereocenters. The predicted molar refractivity (Wildman–Crippen MR) is 64.0 cm³/mol. The number of benzene rings is 1. The fraction of sp³-hybridized carbons (Fsp3) is 0.538. The topological polar surface area (TPSA) is 35.2 Å². The van der Waals surface area contributed by atoms with E-state index in [2.05, 4.69) is 13.8 Å². The van der Waals surface area contributed by atoms with Crippen molar-refractivity contribution in [1.82, 2.24) is 0 Å². The summed E-state index contributed by atoms with van der Waals surface area (Å²) in [6.45, 7) is 6.24. The van der Waals surface area contributed by atoms with Crippen molar-refractivity contribution in [2.75, 3.05) is 0 Å². The monoisotopic (exact) mass is 207 g/mol. The molecular weight excluding hydrogens is 186 g/mol. The second kappa shape index (κ2) is 5.76. The van der Waals surface area contributed by atoms with Gasteiger partial charge in [0.15, 0.2) is 0 Å². The SMILES string of the molecule is CCC[C@@H](C)Oc1cccc([C@@H](C)N)c1. The lowest BCUT2D eigenvalue weighted by Gasteiger charge is -2.15. The van der Waals surface area contributed by atoms with Gasteiger partial charge in [-0.1, -0.05) is 25.5 Å². The molecule has 1 aromatic rings. The molecule has 2 heteroatoms. The van der Waals surface area contributed by atoms with E-state index in [1.54, 1.807) is 0 Å². The smallest absolute Gasteiger partial charge is 0.120 e. The van der Waals surface area contributed by atoms with Crippen molar-refractivity contribution in [2.45, 2.75) is 45.8 Å². The van der Waals surface area contributed by atoms with Gasteiger partial charge in [-0.15, -0.1) is 0 Å². The first kappa shape index (κ1) is 12.1. The first-order chi connectivity index (χ1) is 7.13. The molecule has 0 amide bonds. The fourth-order valence-electron chi connectivity index (χ4n) is 1.57. The third-order valence-corrected chi connectivity index (χ3v) is 2.42. The van der Waals surface area contributed by atoms with Crippen LogP contribution in [0, 0.1) is 0 Å². The van der Waals surface area contributed by atoms with Crippen LogP contribution in [0.2, 0.25) is 0 Å². The molecule has 0 saturated heterocycles. The Kier molecular flexibility index (Phi) is 4.63. The number of hydrogen-bond acceptors (Lipinski definition) is 2. The molecule has 0 heterocycles. The van der Waals surface area contributed by atoms with E-state index in [0.717, 1.165) is 24.2 Å². The molecular formula is C13H21NO. The van der Waals surface area contributed by atoms with Crippen molar-refractivity contribution in [2.24, 2.45) is 5.73 Å². The van der Waals surface area contributed by atoms with Crippen molar-refractivity contribution < 1.29 is 4.74 Å². The lowest BCUT2D eigenvalue weighted by Crippen LogP contribution is -2.11. The summed E-state index contributed by atoms with van der Waals surface area (Å²) < 4.78 is 5.79. The van der Waals surface area contributed by atoms with Crippen LogP contribution in [0.15, 0.2) is 24.3 Å². The van der Waals surface area contributed by atoms with E-state index in [9.17, 15) is 0 Å². The molecule has 0 spiro atoms. The first-order valence-corrected chi connectivity index (χ1v) is 5.65. The Bertz CT molecular complexity index is 296. The van der Waals surface area contributed by atoms with Gasteiger partial charge >= 0.3 is 0 Å². The van der Waals surface area contributed by atoms with Crippen LogP contribution < -0.4 is 10.5 Å². The lowest BCUT2D eigenvalue weighted by atomic mass is 10.1. The third kappa shape index (κ3) is 3.92. The van der Waals surface area contributed by atoms with Crippen molar-refractivity contribution >= 4 is 0 Å². The van der Waals surface area contributed by atoms with Crippen LogP contribution in [0.1, 0.15) is 45.2 Å². The maximum Gasteiger partial charge on any atom is 0.120 e. The highest BCUT2D eigenvalue weighted by atomic mass is 16.5. The molecule has 0 aliphatic heterocycles. The summed E-state index contributed by atoms with van der Waals surface area (Å²) in [6, 6.07) is 8.10. The molecule has 0 radical (unpaired) electrons. The van der Waals surface area contributed by atoms with Gasteiger partial charge < -0.3 is 10.5 Å². The van der Waals surface area contributed by atoms with Crippen LogP contribution in [0.3, 0.4) is 0 Å². The van der Waals surface area contributed by atoms with Gasteiger partial charge in [0.05, 0.1) is 6.10 Å². The zero-order valence-electron chi connectivity index (χ0n) is 9.86. The minimum absolute atomic E-state index is 0.0648. The Morgan fingerprint density at radius 1 is 1.33 bits per heavy atom. The van der Waals surface area contributed by atoms with Crippen molar-refractivity contribution in [3.63, 3.8) is 0 Å². The van der Waals surface area contributed by atoms with Crippen molar-refractivity contribution in [1.29, 1.82) is 0 Å². The summed E-state index contributed by atoms with van der Waals surface area (Å²) in [5.41, 5.74) is 6.94. The summed E-state index contributed by atoms with van der Waals surface area (Å²) in [6.07, 6.45) is 2.51. The zero-order chi connectivity index (χ0) is 11.3. The van der Waals surface area contributed by atoms with E-state index < -0.39 is 0 Å². The van der Waals surface area contributed by atoms with Crippen LogP contribution in [-0.4, -0.2) is 6.10 Å². The molecule has 0 fully saturated rings. The molecule has 2 N–H and O–H groups in total. The van der Waals surface area contributed by atoms with E-state index >= 15 is 0 Å². The highest BCUT2D eigenvalue weighted by molar-refractivity contribution is 5.30. The van der Waals surface area contributed by atoms with Gasteiger partial charge in [-0.25, -0.2) is 0 Å². The minimum Gasteiger partial charge on any atom is -0.491 e. The van der Waals surface area contributed by atoms with E-state index in [1.807, 2.05) is 31.2 Å². The van der Waals surface area contributed by atoms with E-state index in [-0.39, 0.29) is 12.1 Å². The molecule has 2 atom stereocenters. The second-order valence-electron chi connectivity index (χ2n) is 4.08. The fourth-order valence-corrected chi connectivity index (χ4v) is 1.57. The Morgan fingerprint density at radius 2 is 2.07 bits per heavy atom. The highest BCUT2D eigenvalue weighted by Gasteiger charge is 2.04. The van der Waals surface area contributed by atoms with E-state index in [1.165, 1.54) is 0 Å². The van der Waals surface area contributed by atoms with Gasteiger partial charge in [-0.3, -0.25) is 0 Å². The molecule has 0 aliphatic rings. The second-order valence-corrected chi connectivity index (χ2v) is 4.08. The number of rotatable bonds is 5. The zero-order valence-corrected chi connectivity index (χ0v) is 9.86. The van der Waals surface area contributed by atoms with Crippen LogP contribution in [-0.2, 0) is 0 Å². The number of ether oxygens (including phenoxy) is 1. The van der Waals surface area contributed by atoms with Crippen LogP contribution in [0.4, 0.5) is 0 Å². The van der Waals surface area contributed by atoms with Crippen molar-refractivity contribution in [3.05, 3.63) is 29.8 Å². The molecule has 15 heavy (non-hydrogen) atoms. The molecule has 2 nitrogen and oxygen atoms in total. The van der Waals surface area contributed by atoms with Gasteiger partial charge in [0.1, 0.15) is 5.75 Å². The van der Waals surface area contributed by atoms with Gasteiger partial charge in [-0.2, -0.15) is 0 Å². The average molecular weight is 207 g/mol. The van der Waals surface area contributed by atoms with Gasteiger partial charge in [-0.05, 0) is 38.0 Å². The summed E-state index contributed by atoms with van der Waals surface area (Å²) >= 11 is 0. The molecule has 84 valence electrons. The van der Waals surface area contributed by atoms with Gasteiger partial charge in [0, 0.05) is 6.04 Å². The number of nitrogens with two attached hydrogens (primary N) is 1. The van der Waals surface area contributed by atoms with Crippen LogP contribution in [0.5, 0.6) is 5.75 Å². The molecule has 0 aliphatic carbocycles. The Hall–Kier alpha value is -1.02. The lowest BCUT2D eigenvalue weighted by molar-refractivity contribution is 0.209. The quantitative estimate of drug-likeness (QED) is 0.804. The van der Waals surface area contributed by atoms with E-state index in [0.29, 0.717) is 0 Å². The average Bonchev–Trinajstić information content (AvgIpc) is 2.18. The van der Waals surface area contributed by atoms with Crippen molar-refractivity contribution in [3.8, 4) is 5.75 Å². The Balaban J connectivity index is 2.65. The summed E-state index contributed by atoms with van der Waals surface area (Å²) in [4.78, 5) is 0. The molecule has 0 saturated carbocycles. The first-order valence-electron chi connectivity index (χ1n) is 5.65. The minimum atomic E-state index is 0.0648. The predicted octanol–water partition coefficient (Wildman–Crippen LogP) is 3.27. The van der Waals surface area contributed by atoms with Crippen LogP contribution in [0.25, 0.3) is 0 Å². The molecule has 0 bridgehead atoms. The van der Waals surface area contributed by atoms with Gasteiger partial charge in [0.2, 0.25) is 0 Å². The Morgan fingerprint density at radius 3 is 2.67 bits per heavy atom. The molecule has 0 aromatic heterocycles. The largest absolute Gasteiger partial charge is 0.491 e. The Labute approximate surface area is 92.4 Å². The standard InChI is InChI=1S/C13H21NO/c1-4-6-10(2)15-13-8-5-7-12(9-13)11(3)14/h5,7-11H,4,6,14H2,1-3H3/t10-,11-/m1/s1. The molecule has 1 rings (SSSR count). The van der Waals surface area contributed by atoms with Gasteiger partial charge in [0.25, 0.3) is 0 Å².